The molecule has 0 bridgehead atoms. The summed E-state index contributed by atoms with van der Waals surface area (Å²) in [6, 6.07) is 7.82. The number of carbonyl (C=O) groups is 2. The first-order chi connectivity index (χ1) is 9.92. The average molecular weight is 312 g/mol. The standard InChI is InChI=1S/C14H16O6S/c1-19-13(15)12(14(16)20-2)9-6-10-21(17,18)11-7-4-3-5-8-11/h3-8,10,12H,9H2,1-2H3/b10-6+. The molecule has 6 nitrogen and oxygen atoms in total. The molecule has 0 saturated carbocycles. The fraction of sp³-hybridized carbons (Fsp3) is 0.286. The van der Waals surface area contributed by atoms with E-state index < -0.39 is 27.7 Å². The molecule has 1 rings (SSSR count). The van der Waals surface area contributed by atoms with Crippen molar-refractivity contribution in [2.24, 2.45) is 5.92 Å². The van der Waals surface area contributed by atoms with E-state index in [2.05, 4.69) is 9.47 Å². The maximum atomic E-state index is 12.0. The minimum absolute atomic E-state index is 0.120. The van der Waals surface area contributed by atoms with Gasteiger partial charge in [0.1, 0.15) is 0 Å². The Morgan fingerprint density at radius 1 is 1.10 bits per heavy atom. The minimum atomic E-state index is -3.61. The Kier molecular flexibility index (Phi) is 6.10. The molecule has 0 radical (unpaired) electrons. The molecule has 21 heavy (non-hydrogen) atoms. The zero-order chi connectivity index (χ0) is 15.9. The number of allylic oxidation sites excluding steroid dienone is 1. The SMILES string of the molecule is COC(=O)C(C/C=C/S(=O)(=O)c1ccccc1)C(=O)OC. The third-order valence-corrected chi connectivity index (χ3v) is 4.17. The van der Waals surface area contributed by atoms with E-state index in [1.54, 1.807) is 18.2 Å². The van der Waals surface area contributed by atoms with Crippen LogP contribution in [0.5, 0.6) is 0 Å². The van der Waals surface area contributed by atoms with Crippen LogP contribution in [0.3, 0.4) is 0 Å². The van der Waals surface area contributed by atoms with E-state index in [0.717, 1.165) is 19.6 Å². The van der Waals surface area contributed by atoms with Crippen molar-refractivity contribution in [1.29, 1.82) is 0 Å². The lowest BCUT2D eigenvalue weighted by molar-refractivity contribution is -0.158. The predicted octanol–water partition coefficient (Wildman–Crippen LogP) is 1.33. The summed E-state index contributed by atoms with van der Waals surface area (Å²) in [6.07, 6.45) is 1.12. The fourth-order valence-corrected chi connectivity index (χ4v) is 2.64. The molecule has 114 valence electrons. The number of methoxy groups -OCH3 is 2. The van der Waals surface area contributed by atoms with Gasteiger partial charge in [-0.15, -0.1) is 0 Å². The van der Waals surface area contributed by atoms with Gasteiger partial charge in [0.25, 0.3) is 0 Å². The Bertz CT molecular complexity index is 602. The fourth-order valence-electron chi connectivity index (χ4n) is 1.58. The van der Waals surface area contributed by atoms with Crippen LogP contribution in [0, 0.1) is 5.92 Å². The van der Waals surface area contributed by atoms with E-state index in [0.29, 0.717) is 0 Å². The molecule has 1 aromatic rings. The van der Waals surface area contributed by atoms with Gasteiger partial charge in [0.05, 0.1) is 19.1 Å². The molecule has 0 aliphatic heterocycles. The topological polar surface area (TPSA) is 86.7 Å². The molecular formula is C14H16O6S. The number of esters is 2. The smallest absolute Gasteiger partial charge is 0.320 e. The first kappa shape index (κ1) is 16.9. The van der Waals surface area contributed by atoms with Gasteiger partial charge in [0.15, 0.2) is 15.8 Å². The summed E-state index contributed by atoms with van der Waals surface area (Å²) in [4.78, 5) is 23.0. The van der Waals surface area contributed by atoms with Gasteiger partial charge < -0.3 is 9.47 Å². The molecule has 0 atom stereocenters. The average Bonchev–Trinajstić information content (AvgIpc) is 2.51. The van der Waals surface area contributed by atoms with Crippen molar-refractivity contribution in [3.05, 3.63) is 41.8 Å². The molecule has 0 fully saturated rings. The van der Waals surface area contributed by atoms with Gasteiger partial charge in [-0.05, 0) is 18.6 Å². The van der Waals surface area contributed by atoms with Crippen LogP contribution in [0.4, 0.5) is 0 Å². The van der Waals surface area contributed by atoms with Gasteiger partial charge in [0.2, 0.25) is 0 Å². The Morgan fingerprint density at radius 2 is 1.62 bits per heavy atom. The summed E-state index contributed by atoms with van der Waals surface area (Å²) in [5.74, 6) is -2.73. The van der Waals surface area contributed by atoms with Crippen molar-refractivity contribution in [1.82, 2.24) is 0 Å². The molecule has 0 N–H and O–H groups in total. The van der Waals surface area contributed by atoms with Crippen LogP contribution >= 0.6 is 0 Å². The quantitative estimate of drug-likeness (QED) is 0.582. The van der Waals surface area contributed by atoms with Crippen LogP contribution in [0.2, 0.25) is 0 Å². The van der Waals surface area contributed by atoms with Crippen molar-refractivity contribution >= 4 is 21.8 Å². The zero-order valence-corrected chi connectivity index (χ0v) is 12.5. The first-order valence-electron chi connectivity index (χ1n) is 6.04. The van der Waals surface area contributed by atoms with Crippen molar-refractivity contribution in [2.45, 2.75) is 11.3 Å². The Hall–Kier alpha value is -2.15. The highest BCUT2D eigenvalue weighted by atomic mass is 32.2. The van der Waals surface area contributed by atoms with E-state index in [-0.39, 0.29) is 11.3 Å². The molecule has 0 aromatic heterocycles. The normalized spacial score (nSPS) is 11.6. The first-order valence-corrected chi connectivity index (χ1v) is 7.59. The molecule has 0 spiro atoms. The van der Waals surface area contributed by atoms with Crippen LogP contribution in [0.15, 0.2) is 46.7 Å². The van der Waals surface area contributed by atoms with E-state index in [4.69, 9.17) is 0 Å². The summed E-state index contributed by atoms with van der Waals surface area (Å²) in [5.41, 5.74) is 0. The number of sulfone groups is 1. The lowest BCUT2D eigenvalue weighted by atomic mass is 10.1. The van der Waals surface area contributed by atoms with Crippen LogP contribution in [0.1, 0.15) is 6.42 Å². The van der Waals surface area contributed by atoms with Gasteiger partial charge in [-0.25, -0.2) is 8.42 Å². The highest BCUT2D eigenvalue weighted by molar-refractivity contribution is 7.94. The highest BCUT2D eigenvalue weighted by Gasteiger charge is 2.27. The van der Waals surface area contributed by atoms with Crippen molar-refractivity contribution in [3.63, 3.8) is 0 Å². The highest BCUT2D eigenvalue weighted by Crippen LogP contribution is 2.14. The summed E-state index contributed by atoms with van der Waals surface area (Å²) in [5, 5.41) is 0.960. The molecule has 0 amide bonds. The van der Waals surface area contributed by atoms with E-state index in [9.17, 15) is 18.0 Å². The van der Waals surface area contributed by atoms with Crippen molar-refractivity contribution in [3.8, 4) is 0 Å². The molecule has 0 aliphatic rings. The number of carbonyl (C=O) groups excluding carboxylic acids is 2. The van der Waals surface area contributed by atoms with E-state index >= 15 is 0 Å². The Morgan fingerprint density at radius 3 is 2.10 bits per heavy atom. The zero-order valence-electron chi connectivity index (χ0n) is 11.7. The molecule has 0 aliphatic carbocycles. The van der Waals surface area contributed by atoms with Crippen LogP contribution in [0.25, 0.3) is 0 Å². The molecule has 0 heterocycles. The predicted molar refractivity (Wildman–Crippen MR) is 74.9 cm³/mol. The largest absolute Gasteiger partial charge is 0.468 e. The molecule has 1 aromatic carbocycles. The summed E-state index contributed by atoms with van der Waals surface area (Å²) in [7, 11) is -1.32. The lowest BCUT2D eigenvalue weighted by Gasteiger charge is -2.09. The number of hydrogen-bond donors (Lipinski definition) is 0. The second kappa shape index (κ2) is 7.58. The monoisotopic (exact) mass is 312 g/mol. The third kappa shape index (κ3) is 4.71. The van der Waals surface area contributed by atoms with Crippen LogP contribution in [-0.4, -0.2) is 34.6 Å². The molecular weight excluding hydrogens is 296 g/mol. The van der Waals surface area contributed by atoms with E-state index in [1.165, 1.54) is 18.2 Å². The number of hydrogen-bond acceptors (Lipinski definition) is 6. The molecule has 7 heteroatoms. The van der Waals surface area contributed by atoms with E-state index in [1.807, 2.05) is 0 Å². The number of rotatable bonds is 6. The van der Waals surface area contributed by atoms with Crippen molar-refractivity contribution in [2.75, 3.05) is 14.2 Å². The maximum absolute atomic E-state index is 12.0. The number of benzene rings is 1. The maximum Gasteiger partial charge on any atom is 0.320 e. The van der Waals surface area contributed by atoms with Gasteiger partial charge >= 0.3 is 11.9 Å². The second-order valence-electron chi connectivity index (χ2n) is 4.06. The van der Waals surface area contributed by atoms with Gasteiger partial charge in [-0.1, -0.05) is 24.3 Å². The third-order valence-electron chi connectivity index (χ3n) is 2.69. The Labute approximate surface area is 123 Å². The van der Waals surface area contributed by atoms with Crippen LogP contribution < -0.4 is 0 Å². The number of ether oxygens (including phenoxy) is 2. The molecule has 0 saturated heterocycles. The van der Waals surface area contributed by atoms with Gasteiger partial charge in [-0.2, -0.15) is 0 Å². The summed E-state index contributed by atoms with van der Waals surface area (Å²) >= 11 is 0. The van der Waals surface area contributed by atoms with Crippen LogP contribution in [-0.2, 0) is 28.9 Å². The minimum Gasteiger partial charge on any atom is -0.468 e. The summed E-state index contributed by atoms with van der Waals surface area (Å²) < 4.78 is 32.9. The van der Waals surface area contributed by atoms with Gasteiger partial charge in [0, 0.05) is 5.41 Å². The van der Waals surface area contributed by atoms with Crippen molar-refractivity contribution < 1.29 is 27.5 Å². The second-order valence-corrected chi connectivity index (χ2v) is 5.90. The van der Waals surface area contributed by atoms with Gasteiger partial charge in [-0.3, -0.25) is 9.59 Å². The molecule has 0 unspecified atom stereocenters. The Balaban J connectivity index is 2.84. The summed E-state index contributed by atoms with van der Waals surface area (Å²) in [6.45, 7) is 0. The lowest BCUT2D eigenvalue weighted by Crippen LogP contribution is -2.25.